The van der Waals surface area contributed by atoms with Crippen LogP contribution in [0.4, 0.5) is 0 Å². The van der Waals surface area contributed by atoms with Crippen molar-refractivity contribution in [2.45, 2.75) is 59.0 Å². The zero-order valence-electron chi connectivity index (χ0n) is 17.3. The third-order valence-electron chi connectivity index (χ3n) is 5.36. The van der Waals surface area contributed by atoms with E-state index in [0.29, 0.717) is 24.1 Å². The second-order valence-electron chi connectivity index (χ2n) is 7.54. The van der Waals surface area contributed by atoms with E-state index in [-0.39, 0.29) is 5.75 Å². The molecule has 1 aromatic rings. The molecule has 0 unspecified atom stereocenters. The van der Waals surface area contributed by atoms with Gasteiger partial charge in [0.2, 0.25) is 5.75 Å². The number of hydrogen-bond acceptors (Lipinski definition) is 4. The first kappa shape index (κ1) is 21.2. The lowest BCUT2D eigenvalue weighted by Crippen LogP contribution is -2.45. The summed E-state index contributed by atoms with van der Waals surface area (Å²) in [5.41, 5.74) is 0.919. The number of rotatable bonds is 7. The van der Waals surface area contributed by atoms with E-state index in [1.807, 2.05) is 0 Å². The van der Waals surface area contributed by atoms with E-state index in [9.17, 15) is 5.11 Å². The molecule has 1 saturated carbocycles. The summed E-state index contributed by atoms with van der Waals surface area (Å²) in [6.45, 7) is 8.01. The number of nitrogens with one attached hydrogen (secondary N) is 2. The second-order valence-corrected chi connectivity index (χ2v) is 7.54. The average Bonchev–Trinajstić information content (AvgIpc) is 2.67. The molecule has 6 heteroatoms. The van der Waals surface area contributed by atoms with Gasteiger partial charge in [0.15, 0.2) is 17.5 Å². The number of hydrogen-bond donors (Lipinski definition) is 3. The molecule has 0 saturated heterocycles. The van der Waals surface area contributed by atoms with Gasteiger partial charge < -0.3 is 25.2 Å². The van der Waals surface area contributed by atoms with Gasteiger partial charge >= 0.3 is 0 Å². The maximum Gasteiger partial charge on any atom is 0.200 e. The molecule has 152 valence electrons. The van der Waals surface area contributed by atoms with Crippen LogP contribution in [0.15, 0.2) is 17.1 Å². The van der Waals surface area contributed by atoms with Gasteiger partial charge in [-0.2, -0.15) is 0 Å². The van der Waals surface area contributed by atoms with Crippen LogP contribution in [0, 0.1) is 11.8 Å². The Labute approximate surface area is 163 Å². The molecule has 3 N–H and O–H groups in total. The second kappa shape index (κ2) is 10.3. The standard InChI is InChI=1S/C21H35N3O3/c1-6-22-21(24-17-9-7-16(8-10-17)14(2)3)23-13-15-11-18(26-4)20(25)19(12-15)27-5/h11-12,14,16-17,25H,6-10,13H2,1-5H3,(H2,22,23,24). The minimum absolute atomic E-state index is 0.0136. The fraction of sp³-hybridized carbons (Fsp3) is 0.667. The highest BCUT2D eigenvalue weighted by atomic mass is 16.5. The van der Waals surface area contributed by atoms with Crippen molar-refractivity contribution in [2.24, 2.45) is 16.8 Å². The van der Waals surface area contributed by atoms with Crippen LogP contribution < -0.4 is 20.1 Å². The quantitative estimate of drug-likeness (QED) is 0.499. The van der Waals surface area contributed by atoms with Crippen molar-refractivity contribution < 1.29 is 14.6 Å². The maximum absolute atomic E-state index is 10.0. The van der Waals surface area contributed by atoms with Crippen LogP contribution in [0.1, 0.15) is 52.0 Å². The zero-order valence-corrected chi connectivity index (χ0v) is 17.3. The highest BCUT2D eigenvalue weighted by Gasteiger charge is 2.23. The van der Waals surface area contributed by atoms with Crippen molar-refractivity contribution >= 4 is 5.96 Å². The predicted octanol–water partition coefficient (Wildman–Crippen LogP) is 3.68. The molecule has 0 aromatic heterocycles. The van der Waals surface area contributed by atoms with Gasteiger partial charge in [0.05, 0.1) is 20.8 Å². The molecular formula is C21H35N3O3. The smallest absolute Gasteiger partial charge is 0.200 e. The minimum atomic E-state index is 0.0136. The van der Waals surface area contributed by atoms with Gasteiger partial charge in [0.25, 0.3) is 0 Å². The van der Waals surface area contributed by atoms with Crippen LogP contribution in [-0.2, 0) is 6.54 Å². The number of ether oxygens (including phenoxy) is 2. The van der Waals surface area contributed by atoms with Crippen LogP contribution in [0.25, 0.3) is 0 Å². The summed E-state index contributed by atoms with van der Waals surface area (Å²) >= 11 is 0. The predicted molar refractivity (Wildman–Crippen MR) is 110 cm³/mol. The van der Waals surface area contributed by atoms with Crippen LogP contribution in [-0.4, -0.2) is 37.9 Å². The lowest BCUT2D eigenvalue weighted by atomic mass is 9.80. The summed E-state index contributed by atoms with van der Waals surface area (Å²) in [5, 5.41) is 17.0. The van der Waals surface area contributed by atoms with Gasteiger partial charge in [-0.25, -0.2) is 4.99 Å². The molecule has 27 heavy (non-hydrogen) atoms. The Morgan fingerprint density at radius 3 is 2.22 bits per heavy atom. The molecule has 1 aliphatic carbocycles. The highest BCUT2D eigenvalue weighted by molar-refractivity contribution is 5.80. The van der Waals surface area contributed by atoms with Crippen molar-refractivity contribution in [3.63, 3.8) is 0 Å². The van der Waals surface area contributed by atoms with E-state index in [1.54, 1.807) is 12.1 Å². The number of methoxy groups -OCH3 is 2. The van der Waals surface area contributed by atoms with E-state index >= 15 is 0 Å². The number of phenolic OH excluding ortho intramolecular Hbond substituents is 1. The Kier molecular flexibility index (Phi) is 8.07. The lowest BCUT2D eigenvalue weighted by Gasteiger charge is -2.32. The van der Waals surface area contributed by atoms with Gasteiger partial charge in [0, 0.05) is 12.6 Å². The Morgan fingerprint density at radius 1 is 1.15 bits per heavy atom. The summed E-state index contributed by atoms with van der Waals surface area (Å²) in [5.74, 6) is 3.25. The van der Waals surface area contributed by atoms with Crippen molar-refractivity contribution in [3.8, 4) is 17.2 Å². The Morgan fingerprint density at radius 2 is 1.74 bits per heavy atom. The van der Waals surface area contributed by atoms with E-state index < -0.39 is 0 Å². The number of guanidine groups is 1. The third kappa shape index (κ3) is 5.94. The molecule has 0 atom stereocenters. The maximum atomic E-state index is 10.0. The Hall–Kier alpha value is -2.11. The molecule has 0 spiro atoms. The molecule has 1 fully saturated rings. The number of aliphatic imine (C=N–C) groups is 1. The highest BCUT2D eigenvalue weighted by Crippen LogP contribution is 2.37. The number of aromatic hydroxyl groups is 1. The van der Waals surface area contributed by atoms with E-state index in [0.717, 1.165) is 29.9 Å². The summed E-state index contributed by atoms with van der Waals surface area (Å²) in [6.07, 6.45) is 4.93. The molecule has 0 amide bonds. The van der Waals surface area contributed by atoms with Crippen LogP contribution in [0.3, 0.4) is 0 Å². The molecule has 0 aliphatic heterocycles. The molecule has 0 bridgehead atoms. The summed E-state index contributed by atoms with van der Waals surface area (Å²) in [4.78, 5) is 4.71. The molecule has 2 rings (SSSR count). The normalized spacial score (nSPS) is 20.4. The Bertz CT molecular complexity index is 598. The SMILES string of the molecule is CCNC(=NCc1cc(OC)c(O)c(OC)c1)NC1CCC(C(C)C)CC1. The van der Waals surface area contributed by atoms with Gasteiger partial charge in [-0.1, -0.05) is 13.8 Å². The molecule has 0 heterocycles. The van der Waals surface area contributed by atoms with Gasteiger partial charge in [-0.15, -0.1) is 0 Å². The van der Waals surface area contributed by atoms with Crippen LogP contribution in [0.5, 0.6) is 17.2 Å². The van der Waals surface area contributed by atoms with Crippen molar-refractivity contribution in [1.29, 1.82) is 0 Å². The Balaban J connectivity index is 2.03. The number of phenols is 1. The van der Waals surface area contributed by atoms with Gasteiger partial charge in [0.1, 0.15) is 0 Å². The van der Waals surface area contributed by atoms with Gasteiger partial charge in [-0.3, -0.25) is 0 Å². The number of nitrogens with zero attached hydrogens (tertiary/aromatic N) is 1. The van der Waals surface area contributed by atoms with Gasteiger partial charge in [-0.05, 0) is 62.1 Å². The zero-order chi connectivity index (χ0) is 19.8. The fourth-order valence-corrected chi connectivity index (χ4v) is 3.65. The molecule has 0 radical (unpaired) electrons. The molecular weight excluding hydrogens is 342 g/mol. The molecule has 1 aliphatic rings. The first-order valence-corrected chi connectivity index (χ1v) is 9.97. The van der Waals surface area contributed by atoms with Crippen LogP contribution >= 0.6 is 0 Å². The topological polar surface area (TPSA) is 75.1 Å². The summed E-state index contributed by atoms with van der Waals surface area (Å²) in [6, 6.07) is 4.05. The third-order valence-corrected chi connectivity index (χ3v) is 5.36. The monoisotopic (exact) mass is 377 g/mol. The molecule has 6 nitrogen and oxygen atoms in total. The van der Waals surface area contributed by atoms with E-state index in [1.165, 1.54) is 39.9 Å². The summed E-state index contributed by atoms with van der Waals surface area (Å²) in [7, 11) is 3.06. The lowest BCUT2D eigenvalue weighted by molar-refractivity contribution is 0.250. The average molecular weight is 378 g/mol. The van der Waals surface area contributed by atoms with E-state index in [4.69, 9.17) is 14.5 Å². The van der Waals surface area contributed by atoms with Crippen LogP contribution in [0.2, 0.25) is 0 Å². The molecule has 1 aromatic carbocycles. The number of benzene rings is 1. The van der Waals surface area contributed by atoms with Crippen molar-refractivity contribution in [2.75, 3.05) is 20.8 Å². The first-order valence-electron chi connectivity index (χ1n) is 9.97. The van der Waals surface area contributed by atoms with Crippen molar-refractivity contribution in [1.82, 2.24) is 10.6 Å². The van der Waals surface area contributed by atoms with Crippen molar-refractivity contribution in [3.05, 3.63) is 17.7 Å². The minimum Gasteiger partial charge on any atom is -0.502 e. The fourth-order valence-electron chi connectivity index (χ4n) is 3.65. The largest absolute Gasteiger partial charge is 0.502 e. The van der Waals surface area contributed by atoms with E-state index in [2.05, 4.69) is 31.4 Å². The first-order chi connectivity index (χ1) is 13.0. The summed E-state index contributed by atoms with van der Waals surface area (Å²) < 4.78 is 10.4.